The molecule has 1 heterocycles. The maximum Gasteiger partial charge on any atom is 0.0727 e. The van der Waals surface area contributed by atoms with Crippen LogP contribution in [0.1, 0.15) is 18.5 Å². The van der Waals surface area contributed by atoms with Gasteiger partial charge in [-0.3, -0.25) is 4.98 Å². The van der Waals surface area contributed by atoms with Crippen LogP contribution in [0.3, 0.4) is 0 Å². The number of nitrogens with one attached hydrogen (secondary N) is 1. The summed E-state index contributed by atoms with van der Waals surface area (Å²) in [5, 5.41) is 13.9. The average molecular weight is 257 g/mol. The Morgan fingerprint density at radius 3 is 2.84 bits per heavy atom. The molecule has 0 bridgehead atoms. The molecule has 0 saturated heterocycles. The molecule has 0 aliphatic heterocycles. The van der Waals surface area contributed by atoms with Gasteiger partial charge < -0.3 is 16.2 Å². The molecule has 0 amide bonds. The molecule has 3 rings (SSSR count). The number of nitrogens with zero attached hydrogens (tertiary/aromatic N) is 1. The standard InChI is InChI=1S/C15H19N3O/c1-10-6-14(17-8-15(9-19)4-5-15)12-7-11(16)2-3-13(12)18-10/h2-3,6-7,19H,4-5,8-9,16H2,1H3,(H,17,18). The SMILES string of the molecule is Cc1cc(NCC2(CO)CC2)c2cc(N)ccc2n1. The first kappa shape index (κ1) is 12.2. The lowest BCUT2D eigenvalue weighted by Crippen LogP contribution is -2.19. The summed E-state index contributed by atoms with van der Waals surface area (Å²) in [7, 11) is 0. The molecular weight excluding hydrogens is 238 g/mol. The van der Waals surface area contributed by atoms with Crippen LogP contribution in [0.5, 0.6) is 0 Å². The second kappa shape index (κ2) is 4.38. The molecule has 4 heteroatoms. The van der Waals surface area contributed by atoms with E-state index >= 15 is 0 Å². The van der Waals surface area contributed by atoms with Gasteiger partial charge in [-0.05, 0) is 44.0 Å². The molecule has 1 aromatic heterocycles. The monoisotopic (exact) mass is 257 g/mol. The molecule has 4 N–H and O–H groups in total. The Balaban J connectivity index is 1.94. The average Bonchev–Trinajstić information content (AvgIpc) is 3.17. The number of aliphatic hydroxyl groups excluding tert-OH is 1. The fourth-order valence-electron chi connectivity index (χ4n) is 2.37. The van der Waals surface area contributed by atoms with E-state index in [4.69, 9.17) is 5.73 Å². The lowest BCUT2D eigenvalue weighted by atomic mass is 10.1. The van der Waals surface area contributed by atoms with Gasteiger partial charge in [0, 0.05) is 34.4 Å². The van der Waals surface area contributed by atoms with Gasteiger partial charge >= 0.3 is 0 Å². The Kier molecular flexibility index (Phi) is 2.82. The molecule has 0 unspecified atom stereocenters. The molecule has 0 spiro atoms. The largest absolute Gasteiger partial charge is 0.399 e. The van der Waals surface area contributed by atoms with Crippen molar-refractivity contribution in [1.82, 2.24) is 4.98 Å². The first-order valence-electron chi connectivity index (χ1n) is 6.64. The molecule has 4 nitrogen and oxygen atoms in total. The number of nitrogens with two attached hydrogens (primary N) is 1. The highest BCUT2D eigenvalue weighted by Crippen LogP contribution is 2.45. The summed E-state index contributed by atoms with van der Waals surface area (Å²) >= 11 is 0. The Morgan fingerprint density at radius 2 is 2.16 bits per heavy atom. The van der Waals surface area contributed by atoms with Crippen LogP contribution >= 0.6 is 0 Å². The quantitative estimate of drug-likeness (QED) is 0.735. The number of aryl methyl sites for hydroxylation is 1. The van der Waals surface area contributed by atoms with Crippen LogP contribution in [0.15, 0.2) is 24.3 Å². The van der Waals surface area contributed by atoms with E-state index in [0.29, 0.717) is 0 Å². The van der Waals surface area contributed by atoms with Crippen molar-refractivity contribution < 1.29 is 5.11 Å². The number of pyridine rings is 1. The molecular formula is C15H19N3O. The maximum absolute atomic E-state index is 9.37. The van der Waals surface area contributed by atoms with Crippen LogP contribution in [-0.2, 0) is 0 Å². The Bertz CT molecular complexity index is 620. The van der Waals surface area contributed by atoms with Gasteiger partial charge in [-0.2, -0.15) is 0 Å². The first-order chi connectivity index (χ1) is 9.12. The van der Waals surface area contributed by atoms with Gasteiger partial charge in [0.15, 0.2) is 0 Å². The molecule has 0 atom stereocenters. The van der Waals surface area contributed by atoms with E-state index in [1.54, 1.807) is 0 Å². The minimum absolute atomic E-state index is 0.0871. The molecule has 1 aliphatic carbocycles. The number of rotatable bonds is 4. The highest BCUT2D eigenvalue weighted by molar-refractivity contribution is 5.93. The van der Waals surface area contributed by atoms with Gasteiger partial charge in [0.25, 0.3) is 0 Å². The molecule has 0 radical (unpaired) electrons. The van der Waals surface area contributed by atoms with Crippen molar-refractivity contribution in [1.29, 1.82) is 0 Å². The third-order valence-corrected chi connectivity index (χ3v) is 3.91. The summed E-state index contributed by atoms with van der Waals surface area (Å²) in [6.45, 7) is 3.04. The Hall–Kier alpha value is -1.81. The molecule has 19 heavy (non-hydrogen) atoms. The van der Waals surface area contributed by atoms with Crippen LogP contribution in [0.4, 0.5) is 11.4 Å². The van der Waals surface area contributed by atoms with Gasteiger partial charge in [0.05, 0.1) is 12.1 Å². The summed E-state index contributed by atoms with van der Waals surface area (Å²) in [5.41, 5.74) is 9.66. The first-order valence-corrected chi connectivity index (χ1v) is 6.64. The normalized spacial score (nSPS) is 16.5. The van der Waals surface area contributed by atoms with E-state index in [-0.39, 0.29) is 12.0 Å². The molecule has 1 aromatic carbocycles. The van der Waals surface area contributed by atoms with Gasteiger partial charge in [0.2, 0.25) is 0 Å². The van der Waals surface area contributed by atoms with E-state index in [0.717, 1.165) is 47.4 Å². The van der Waals surface area contributed by atoms with Crippen LogP contribution in [-0.4, -0.2) is 23.2 Å². The number of hydrogen-bond donors (Lipinski definition) is 3. The van der Waals surface area contributed by atoms with Gasteiger partial charge in [-0.25, -0.2) is 0 Å². The van der Waals surface area contributed by atoms with Gasteiger partial charge in [-0.1, -0.05) is 0 Å². The van der Waals surface area contributed by atoms with Crippen molar-refractivity contribution in [3.63, 3.8) is 0 Å². The number of aliphatic hydroxyl groups is 1. The van der Waals surface area contributed by atoms with Crippen molar-refractivity contribution in [2.45, 2.75) is 19.8 Å². The summed E-state index contributed by atoms with van der Waals surface area (Å²) in [6.07, 6.45) is 2.20. The van der Waals surface area contributed by atoms with Gasteiger partial charge in [0.1, 0.15) is 0 Å². The lowest BCUT2D eigenvalue weighted by molar-refractivity contribution is 0.220. The number of nitrogen functional groups attached to an aromatic ring is 1. The molecule has 1 aliphatic rings. The fraction of sp³-hybridized carbons (Fsp3) is 0.400. The lowest BCUT2D eigenvalue weighted by Gasteiger charge is -2.16. The zero-order chi connectivity index (χ0) is 13.5. The van der Waals surface area contributed by atoms with Crippen molar-refractivity contribution in [2.75, 3.05) is 24.2 Å². The molecule has 1 fully saturated rings. The van der Waals surface area contributed by atoms with Gasteiger partial charge in [-0.15, -0.1) is 0 Å². The summed E-state index contributed by atoms with van der Waals surface area (Å²) in [5.74, 6) is 0. The number of benzene rings is 1. The zero-order valence-electron chi connectivity index (χ0n) is 11.1. The van der Waals surface area contributed by atoms with Crippen molar-refractivity contribution in [3.8, 4) is 0 Å². The van der Waals surface area contributed by atoms with E-state index in [2.05, 4.69) is 10.3 Å². The predicted octanol–water partition coefficient (Wildman–Crippen LogP) is 2.31. The van der Waals surface area contributed by atoms with Crippen LogP contribution < -0.4 is 11.1 Å². The number of aromatic nitrogens is 1. The van der Waals surface area contributed by atoms with Crippen molar-refractivity contribution in [2.24, 2.45) is 5.41 Å². The predicted molar refractivity (Wildman–Crippen MR) is 78.1 cm³/mol. The van der Waals surface area contributed by atoms with E-state index in [9.17, 15) is 5.11 Å². The van der Waals surface area contributed by atoms with Crippen molar-refractivity contribution in [3.05, 3.63) is 30.0 Å². The second-order valence-electron chi connectivity index (χ2n) is 5.60. The highest BCUT2D eigenvalue weighted by atomic mass is 16.3. The number of anilines is 2. The zero-order valence-corrected chi connectivity index (χ0v) is 11.1. The maximum atomic E-state index is 9.37. The fourth-order valence-corrected chi connectivity index (χ4v) is 2.37. The molecule has 1 saturated carbocycles. The topological polar surface area (TPSA) is 71.2 Å². The molecule has 2 aromatic rings. The van der Waals surface area contributed by atoms with Crippen LogP contribution in [0.2, 0.25) is 0 Å². The highest BCUT2D eigenvalue weighted by Gasteiger charge is 2.41. The second-order valence-corrected chi connectivity index (χ2v) is 5.60. The van der Waals surface area contributed by atoms with E-state index in [1.807, 2.05) is 31.2 Å². The third-order valence-electron chi connectivity index (χ3n) is 3.91. The van der Waals surface area contributed by atoms with E-state index in [1.165, 1.54) is 0 Å². The van der Waals surface area contributed by atoms with Crippen molar-refractivity contribution >= 4 is 22.3 Å². The smallest absolute Gasteiger partial charge is 0.0727 e. The van der Waals surface area contributed by atoms with E-state index < -0.39 is 0 Å². The van der Waals surface area contributed by atoms with Crippen LogP contribution in [0, 0.1) is 12.3 Å². The molecule has 100 valence electrons. The minimum Gasteiger partial charge on any atom is -0.399 e. The Labute approximate surface area is 112 Å². The minimum atomic E-state index is 0.0871. The third kappa shape index (κ3) is 2.36. The summed E-state index contributed by atoms with van der Waals surface area (Å²) < 4.78 is 0. The van der Waals surface area contributed by atoms with Crippen LogP contribution in [0.25, 0.3) is 10.9 Å². The number of hydrogen-bond acceptors (Lipinski definition) is 4. The summed E-state index contributed by atoms with van der Waals surface area (Å²) in [4.78, 5) is 4.51. The summed E-state index contributed by atoms with van der Waals surface area (Å²) in [6, 6.07) is 7.80. The Morgan fingerprint density at radius 1 is 1.37 bits per heavy atom. The number of fused-ring (bicyclic) bond motifs is 1.